The zero-order valence-corrected chi connectivity index (χ0v) is 6.87. The van der Waals surface area contributed by atoms with Crippen LogP contribution in [-0.4, -0.2) is 12.8 Å². The summed E-state index contributed by atoms with van der Waals surface area (Å²) in [5, 5.41) is 7.28. The van der Waals surface area contributed by atoms with Crippen LogP contribution in [-0.2, 0) is 4.74 Å². The van der Waals surface area contributed by atoms with Crippen molar-refractivity contribution < 1.29 is 4.74 Å². The molecule has 0 saturated carbocycles. The van der Waals surface area contributed by atoms with Gasteiger partial charge in [0.2, 0.25) is 0 Å². The molecule has 0 unspecified atom stereocenters. The van der Waals surface area contributed by atoms with Crippen LogP contribution < -0.4 is 0 Å². The van der Waals surface area contributed by atoms with Gasteiger partial charge in [0.25, 0.3) is 0 Å². The van der Waals surface area contributed by atoms with E-state index in [0.717, 1.165) is 0 Å². The summed E-state index contributed by atoms with van der Waals surface area (Å²) < 4.78 is 4.65. The highest BCUT2D eigenvalue weighted by atomic mass is 16.5. The van der Waals surface area contributed by atoms with Gasteiger partial charge in [0.15, 0.2) is 0 Å². The van der Waals surface area contributed by atoms with Crippen LogP contribution in [0.5, 0.6) is 0 Å². The lowest BCUT2D eigenvalue weighted by atomic mass is 10.3. The summed E-state index contributed by atoms with van der Waals surface area (Å²) in [6, 6.07) is 0. The zero-order valence-electron chi connectivity index (χ0n) is 6.87. The molecule has 0 amide bonds. The molecule has 0 aliphatic rings. The first kappa shape index (κ1) is 9.69. The maximum atomic E-state index is 7.28. The molecule has 0 aromatic rings. The highest BCUT2D eigenvalue weighted by Crippen LogP contribution is 1.83. The van der Waals surface area contributed by atoms with Gasteiger partial charge >= 0.3 is 0 Å². The number of allylic oxidation sites excluding steroid dienone is 5. The molecule has 60 valence electrons. The molecule has 11 heavy (non-hydrogen) atoms. The Morgan fingerprint density at radius 3 is 2.55 bits per heavy atom. The normalized spacial score (nSPS) is 11.8. The van der Waals surface area contributed by atoms with Gasteiger partial charge in [0.1, 0.15) is 0 Å². The number of nitrogens with one attached hydrogen (secondary N) is 1. The largest absolute Gasteiger partial charge is 0.504 e. The average Bonchev–Trinajstić information content (AvgIpc) is 2.01. The van der Waals surface area contributed by atoms with E-state index < -0.39 is 0 Å². The minimum Gasteiger partial charge on any atom is -0.504 e. The van der Waals surface area contributed by atoms with Gasteiger partial charge in [-0.1, -0.05) is 18.2 Å². The van der Waals surface area contributed by atoms with Crippen molar-refractivity contribution in [2.75, 3.05) is 7.11 Å². The molecule has 0 bridgehead atoms. The Hall–Kier alpha value is -1.31. The van der Waals surface area contributed by atoms with Crippen molar-refractivity contribution in [1.82, 2.24) is 0 Å². The third-order valence-corrected chi connectivity index (χ3v) is 0.963. The molecule has 0 aliphatic carbocycles. The predicted molar refractivity (Wildman–Crippen MR) is 47.8 cm³/mol. The summed E-state index contributed by atoms with van der Waals surface area (Å²) in [6.45, 7) is 1.93. The molecule has 0 aromatic carbocycles. The van der Waals surface area contributed by atoms with Crippen LogP contribution in [0.2, 0.25) is 0 Å². The summed E-state index contributed by atoms with van der Waals surface area (Å²) in [4.78, 5) is 0. The first-order chi connectivity index (χ1) is 5.31. The Morgan fingerprint density at radius 2 is 2.00 bits per heavy atom. The number of ether oxygens (including phenoxy) is 1. The van der Waals surface area contributed by atoms with Gasteiger partial charge in [-0.3, -0.25) is 0 Å². The van der Waals surface area contributed by atoms with Gasteiger partial charge < -0.3 is 10.1 Å². The molecule has 0 saturated heterocycles. The van der Waals surface area contributed by atoms with Gasteiger partial charge in [-0.2, -0.15) is 0 Å². The second-order valence-electron chi connectivity index (χ2n) is 1.88. The lowest BCUT2D eigenvalue weighted by Gasteiger charge is -1.85. The van der Waals surface area contributed by atoms with Crippen molar-refractivity contribution in [1.29, 1.82) is 5.41 Å². The Morgan fingerprint density at radius 1 is 1.27 bits per heavy atom. The van der Waals surface area contributed by atoms with E-state index in [4.69, 9.17) is 5.41 Å². The molecule has 0 spiro atoms. The summed E-state index contributed by atoms with van der Waals surface area (Å²) in [6.07, 6.45) is 10.3. The van der Waals surface area contributed by atoms with Gasteiger partial charge in [0.05, 0.1) is 19.1 Å². The van der Waals surface area contributed by atoms with Gasteiger partial charge in [-0.25, -0.2) is 0 Å². The maximum Gasteiger partial charge on any atom is 0.0845 e. The number of rotatable bonds is 4. The van der Waals surface area contributed by atoms with Gasteiger partial charge in [-0.05, 0) is 19.1 Å². The lowest BCUT2D eigenvalue weighted by Crippen LogP contribution is -1.82. The van der Waals surface area contributed by atoms with E-state index in [-0.39, 0.29) is 0 Å². The first-order valence-corrected chi connectivity index (χ1v) is 3.38. The van der Waals surface area contributed by atoms with Crippen molar-refractivity contribution in [3.05, 3.63) is 36.6 Å². The first-order valence-electron chi connectivity index (χ1n) is 3.38. The predicted octanol–water partition coefficient (Wildman–Crippen LogP) is 2.30. The standard InChI is InChI=1S/C9H13NO/c1-3-4-5-6-9(10)7-8-11-2/h3-8,10H,1-2H3/b4-3-,6-5-,8-7+,10-9?. The Bertz CT molecular complexity index is 190. The van der Waals surface area contributed by atoms with Gasteiger partial charge in [-0.15, -0.1) is 0 Å². The highest BCUT2D eigenvalue weighted by molar-refractivity contribution is 6.01. The SMILES string of the molecule is C/C=C\C=C/C(=N)/C=C/OC. The topological polar surface area (TPSA) is 33.1 Å². The molecule has 0 aromatic heterocycles. The van der Waals surface area contributed by atoms with Crippen LogP contribution in [0, 0.1) is 5.41 Å². The van der Waals surface area contributed by atoms with E-state index in [1.165, 1.54) is 6.26 Å². The van der Waals surface area contributed by atoms with Crippen LogP contribution in [0.3, 0.4) is 0 Å². The third kappa shape index (κ3) is 6.58. The second kappa shape index (κ2) is 6.81. The summed E-state index contributed by atoms with van der Waals surface area (Å²) in [7, 11) is 1.56. The molecule has 0 radical (unpaired) electrons. The molecule has 0 rings (SSSR count). The molecule has 2 nitrogen and oxygen atoms in total. The minimum atomic E-state index is 0.421. The van der Waals surface area contributed by atoms with Crippen LogP contribution in [0.1, 0.15) is 6.92 Å². The molecule has 0 heterocycles. The van der Waals surface area contributed by atoms with Crippen LogP contribution in [0.15, 0.2) is 36.6 Å². The van der Waals surface area contributed by atoms with E-state index in [0.29, 0.717) is 5.71 Å². The minimum absolute atomic E-state index is 0.421. The summed E-state index contributed by atoms with van der Waals surface area (Å²) in [5.41, 5.74) is 0.421. The van der Waals surface area contributed by atoms with Crippen molar-refractivity contribution in [3.8, 4) is 0 Å². The van der Waals surface area contributed by atoms with E-state index >= 15 is 0 Å². The number of hydrogen-bond acceptors (Lipinski definition) is 2. The smallest absolute Gasteiger partial charge is 0.0845 e. The van der Waals surface area contributed by atoms with E-state index in [2.05, 4.69) is 4.74 Å². The van der Waals surface area contributed by atoms with Crippen LogP contribution >= 0.6 is 0 Å². The number of hydrogen-bond donors (Lipinski definition) is 1. The molecule has 0 aliphatic heterocycles. The van der Waals surface area contributed by atoms with Crippen molar-refractivity contribution >= 4 is 5.71 Å². The Labute approximate surface area is 67.4 Å². The highest BCUT2D eigenvalue weighted by Gasteiger charge is 1.78. The van der Waals surface area contributed by atoms with Crippen molar-refractivity contribution in [3.63, 3.8) is 0 Å². The number of methoxy groups -OCH3 is 1. The zero-order chi connectivity index (χ0) is 8.53. The summed E-state index contributed by atoms with van der Waals surface area (Å²) >= 11 is 0. The molecule has 0 fully saturated rings. The van der Waals surface area contributed by atoms with E-state index in [1.807, 2.05) is 25.2 Å². The molecule has 2 heteroatoms. The Kier molecular flexibility index (Phi) is 5.99. The third-order valence-electron chi connectivity index (χ3n) is 0.963. The molecular weight excluding hydrogens is 138 g/mol. The second-order valence-corrected chi connectivity index (χ2v) is 1.88. The van der Waals surface area contributed by atoms with E-state index in [1.54, 1.807) is 19.3 Å². The van der Waals surface area contributed by atoms with Crippen molar-refractivity contribution in [2.24, 2.45) is 0 Å². The lowest BCUT2D eigenvalue weighted by molar-refractivity contribution is 0.338. The van der Waals surface area contributed by atoms with Crippen molar-refractivity contribution in [2.45, 2.75) is 6.92 Å². The van der Waals surface area contributed by atoms with Crippen LogP contribution in [0.25, 0.3) is 0 Å². The molecular formula is C9H13NO. The quantitative estimate of drug-likeness (QED) is 0.373. The molecule has 1 N–H and O–H groups in total. The fourth-order valence-corrected chi connectivity index (χ4v) is 0.467. The van der Waals surface area contributed by atoms with Gasteiger partial charge in [0, 0.05) is 0 Å². The monoisotopic (exact) mass is 151 g/mol. The summed E-state index contributed by atoms with van der Waals surface area (Å²) in [5.74, 6) is 0. The van der Waals surface area contributed by atoms with Crippen LogP contribution in [0.4, 0.5) is 0 Å². The average molecular weight is 151 g/mol. The Balaban J connectivity index is 3.77. The fraction of sp³-hybridized carbons (Fsp3) is 0.222. The van der Waals surface area contributed by atoms with E-state index in [9.17, 15) is 0 Å². The fourth-order valence-electron chi connectivity index (χ4n) is 0.467. The molecule has 0 atom stereocenters. The maximum absolute atomic E-state index is 7.28.